The Labute approximate surface area is 120 Å². The second-order valence-corrected chi connectivity index (χ2v) is 7.26. The van der Waals surface area contributed by atoms with Crippen LogP contribution < -0.4 is 5.73 Å². The van der Waals surface area contributed by atoms with Gasteiger partial charge in [-0.3, -0.25) is 0 Å². The van der Waals surface area contributed by atoms with Crippen LogP contribution in [0.1, 0.15) is 39.7 Å². The fraction of sp³-hybridized carbons (Fsp3) is 0.600. The average Bonchev–Trinajstić information content (AvgIpc) is 2.31. The molecule has 108 valence electrons. The molecule has 0 bridgehead atoms. The van der Waals surface area contributed by atoms with Crippen LogP contribution in [0.5, 0.6) is 11.5 Å². The number of rotatable bonds is 5. The number of hydrogen-bond acceptors (Lipinski definition) is 4. The molecule has 19 heavy (non-hydrogen) atoms. The number of hydrogen-bond donors (Lipinski definition) is 3. The molecular weight excluding hydrogens is 258 g/mol. The van der Waals surface area contributed by atoms with Gasteiger partial charge in [-0.2, -0.15) is 0 Å². The van der Waals surface area contributed by atoms with E-state index in [1.54, 1.807) is 6.07 Å². The van der Waals surface area contributed by atoms with Crippen LogP contribution in [-0.4, -0.2) is 23.0 Å². The molecule has 0 heterocycles. The fourth-order valence-electron chi connectivity index (χ4n) is 2.66. The highest BCUT2D eigenvalue weighted by molar-refractivity contribution is 7.98. The summed E-state index contributed by atoms with van der Waals surface area (Å²) in [5.74, 6) is -0.0920. The van der Waals surface area contributed by atoms with E-state index in [1.165, 1.54) is 11.8 Å². The molecular formula is C15H25NO2S. The molecule has 3 nitrogen and oxygen atoms in total. The summed E-state index contributed by atoms with van der Waals surface area (Å²) in [7, 11) is 0. The number of nitrogens with two attached hydrogens (primary N) is 1. The molecule has 0 aliphatic carbocycles. The summed E-state index contributed by atoms with van der Waals surface area (Å²) in [4.78, 5) is 0.748. The van der Waals surface area contributed by atoms with Gasteiger partial charge in [-0.15, -0.1) is 11.8 Å². The van der Waals surface area contributed by atoms with Crippen molar-refractivity contribution >= 4 is 11.8 Å². The van der Waals surface area contributed by atoms with Gasteiger partial charge in [0.1, 0.15) is 0 Å². The van der Waals surface area contributed by atoms with Crippen LogP contribution in [0.25, 0.3) is 0 Å². The lowest BCUT2D eigenvalue weighted by atomic mass is 9.71. The Kier molecular flexibility index (Phi) is 4.80. The normalized spacial score (nSPS) is 12.7. The van der Waals surface area contributed by atoms with E-state index >= 15 is 0 Å². The minimum absolute atomic E-state index is 0.0244. The molecule has 0 aliphatic rings. The second kappa shape index (κ2) is 5.63. The molecule has 0 saturated carbocycles. The molecule has 0 unspecified atom stereocenters. The smallest absolute Gasteiger partial charge is 0.171 e. The van der Waals surface area contributed by atoms with Gasteiger partial charge in [0.05, 0.1) is 4.90 Å². The monoisotopic (exact) mass is 283 g/mol. The highest BCUT2D eigenvalue weighted by atomic mass is 32.2. The quantitative estimate of drug-likeness (QED) is 0.572. The second-order valence-electron chi connectivity index (χ2n) is 6.44. The molecule has 1 aromatic carbocycles. The van der Waals surface area contributed by atoms with E-state index in [4.69, 9.17) is 5.73 Å². The van der Waals surface area contributed by atoms with Crippen LogP contribution in [0.3, 0.4) is 0 Å². The van der Waals surface area contributed by atoms with Crippen molar-refractivity contribution in [2.45, 2.75) is 44.4 Å². The van der Waals surface area contributed by atoms with Gasteiger partial charge in [-0.1, -0.05) is 33.8 Å². The zero-order valence-electron chi connectivity index (χ0n) is 12.4. The van der Waals surface area contributed by atoms with E-state index in [0.29, 0.717) is 6.54 Å². The average molecular weight is 283 g/mol. The molecule has 4 heteroatoms. The summed E-state index contributed by atoms with van der Waals surface area (Å²) in [6.45, 7) is 9.21. The minimum Gasteiger partial charge on any atom is -0.504 e. The van der Waals surface area contributed by atoms with Gasteiger partial charge in [-0.05, 0) is 41.7 Å². The van der Waals surface area contributed by atoms with Crippen molar-refractivity contribution in [3.8, 4) is 11.5 Å². The molecule has 0 atom stereocenters. The standard InChI is InChI=1S/C15H25NO2S/c1-14(2,9-16)8-15(3,4)10-6-7-11(17)12(18)13(10)19-5/h6-7,17-18H,8-9,16H2,1-5H3. The Balaban J connectivity index is 3.25. The maximum Gasteiger partial charge on any atom is 0.171 e. The molecule has 1 aromatic rings. The Morgan fingerprint density at radius 1 is 1.16 bits per heavy atom. The zero-order chi connectivity index (χ0) is 14.8. The van der Waals surface area contributed by atoms with Crippen molar-refractivity contribution in [2.24, 2.45) is 11.1 Å². The lowest BCUT2D eigenvalue weighted by Gasteiger charge is -2.35. The van der Waals surface area contributed by atoms with Crippen molar-refractivity contribution in [3.05, 3.63) is 17.7 Å². The van der Waals surface area contributed by atoms with Crippen LogP contribution in [0.15, 0.2) is 17.0 Å². The maximum absolute atomic E-state index is 10.0. The third kappa shape index (κ3) is 3.57. The number of benzene rings is 1. The van der Waals surface area contributed by atoms with Gasteiger partial charge >= 0.3 is 0 Å². The largest absolute Gasteiger partial charge is 0.504 e. The molecule has 0 spiro atoms. The molecule has 4 N–H and O–H groups in total. The Morgan fingerprint density at radius 2 is 1.74 bits per heavy atom. The van der Waals surface area contributed by atoms with E-state index < -0.39 is 0 Å². The van der Waals surface area contributed by atoms with E-state index in [-0.39, 0.29) is 22.3 Å². The zero-order valence-corrected chi connectivity index (χ0v) is 13.3. The third-order valence-corrected chi connectivity index (χ3v) is 4.34. The lowest BCUT2D eigenvalue weighted by Crippen LogP contribution is -2.32. The van der Waals surface area contributed by atoms with Gasteiger partial charge in [-0.25, -0.2) is 0 Å². The van der Waals surface area contributed by atoms with Crippen molar-refractivity contribution in [1.82, 2.24) is 0 Å². The highest BCUT2D eigenvalue weighted by Gasteiger charge is 2.32. The van der Waals surface area contributed by atoms with Crippen LogP contribution in [0.2, 0.25) is 0 Å². The Hall–Kier alpha value is -0.870. The number of phenolic OH excluding ortho intramolecular Hbond substituents is 2. The summed E-state index contributed by atoms with van der Waals surface area (Å²) in [6, 6.07) is 3.45. The maximum atomic E-state index is 10.0. The summed E-state index contributed by atoms with van der Waals surface area (Å²) < 4.78 is 0. The van der Waals surface area contributed by atoms with Crippen LogP contribution >= 0.6 is 11.8 Å². The predicted molar refractivity (Wildman–Crippen MR) is 82.0 cm³/mol. The summed E-state index contributed by atoms with van der Waals surface area (Å²) in [5, 5.41) is 19.6. The lowest BCUT2D eigenvalue weighted by molar-refractivity contribution is 0.262. The molecule has 0 amide bonds. The van der Waals surface area contributed by atoms with Crippen molar-refractivity contribution < 1.29 is 10.2 Å². The molecule has 1 rings (SSSR count). The van der Waals surface area contributed by atoms with Gasteiger partial charge in [0.25, 0.3) is 0 Å². The van der Waals surface area contributed by atoms with Crippen molar-refractivity contribution in [2.75, 3.05) is 12.8 Å². The summed E-state index contributed by atoms with van der Waals surface area (Å²) in [5.41, 5.74) is 6.79. The summed E-state index contributed by atoms with van der Waals surface area (Å²) >= 11 is 1.46. The Bertz CT molecular complexity index is 456. The number of aromatic hydroxyl groups is 2. The predicted octanol–water partition coefficient (Wildman–Crippen LogP) is 3.47. The van der Waals surface area contributed by atoms with Gasteiger partial charge in [0.15, 0.2) is 11.5 Å². The number of phenols is 2. The SMILES string of the molecule is CSc1c(C(C)(C)CC(C)(C)CN)ccc(O)c1O. The minimum atomic E-state index is -0.119. The van der Waals surface area contributed by atoms with E-state index in [9.17, 15) is 10.2 Å². The van der Waals surface area contributed by atoms with E-state index in [1.807, 2.05) is 12.3 Å². The van der Waals surface area contributed by atoms with Gasteiger partial charge < -0.3 is 15.9 Å². The topological polar surface area (TPSA) is 66.5 Å². The molecule has 0 aromatic heterocycles. The van der Waals surface area contributed by atoms with E-state index in [0.717, 1.165) is 16.9 Å². The first-order valence-electron chi connectivity index (χ1n) is 6.44. The van der Waals surface area contributed by atoms with Crippen molar-refractivity contribution in [1.29, 1.82) is 0 Å². The number of thioether (sulfide) groups is 1. The Morgan fingerprint density at radius 3 is 2.21 bits per heavy atom. The summed E-state index contributed by atoms with van der Waals surface area (Å²) in [6.07, 6.45) is 2.82. The highest BCUT2D eigenvalue weighted by Crippen LogP contribution is 2.45. The van der Waals surface area contributed by atoms with Crippen molar-refractivity contribution in [3.63, 3.8) is 0 Å². The van der Waals surface area contributed by atoms with Gasteiger partial charge in [0, 0.05) is 0 Å². The molecule has 0 saturated heterocycles. The first kappa shape index (κ1) is 16.2. The van der Waals surface area contributed by atoms with Gasteiger partial charge in [0.2, 0.25) is 0 Å². The first-order chi connectivity index (χ1) is 8.64. The van der Waals surface area contributed by atoms with E-state index in [2.05, 4.69) is 27.7 Å². The van der Waals surface area contributed by atoms with Crippen LogP contribution in [-0.2, 0) is 5.41 Å². The molecule has 0 fully saturated rings. The molecule has 0 radical (unpaired) electrons. The molecule has 0 aliphatic heterocycles. The first-order valence-corrected chi connectivity index (χ1v) is 7.66. The van der Waals surface area contributed by atoms with Crippen LogP contribution in [0.4, 0.5) is 0 Å². The fourth-order valence-corrected chi connectivity index (χ4v) is 3.53. The van der Waals surface area contributed by atoms with Crippen LogP contribution in [0, 0.1) is 5.41 Å². The third-order valence-electron chi connectivity index (χ3n) is 3.52.